The Bertz CT molecular complexity index is 1040. The second kappa shape index (κ2) is 8.44. The largest absolute Gasteiger partial charge is 0.544 e. The lowest BCUT2D eigenvalue weighted by molar-refractivity contribution is 0.0600. The van der Waals surface area contributed by atoms with E-state index in [1.54, 1.807) is 6.07 Å². The molecule has 3 aromatic rings. The molecule has 4 nitrogen and oxygen atoms in total. The van der Waals surface area contributed by atoms with Gasteiger partial charge in [-0.05, 0) is 60.1 Å². The molecule has 0 aliphatic rings. The number of carbonyl (C=O) groups excluding carboxylic acids is 1. The molecule has 158 valence electrons. The standard InChI is InChI=1S/C24H28BrNO3Si/c1-24(2,3)30(5,6)29-18-11-9-16(10-12-18)22-19(21-8-7-13-26-21)14-17(15-20(22)25)23(27)28-4/h7-15,26H,1-6H3. The van der Waals surface area contributed by atoms with Crippen molar-refractivity contribution in [3.63, 3.8) is 0 Å². The Labute approximate surface area is 187 Å². The fraction of sp³-hybridized carbons (Fsp3) is 0.292. The molecule has 0 saturated carbocycles. The van der Waals surface area contributed by atoms with Gasteiger partial charge in [-0.25, -0.2) is 4.79 Å². The van der Waals surface area contributed by atoms with Gasteiger partial charge in [0.15, 0.2) is 0 Å². The molecular weight excluding hydrogens is 458 g/mol. The Hall–Kier alpha value is -2.31. The van der Waals surface area contributed by atoms with Crippen LogP contribution in [0.1, 0.15) is 31.1 Å². The highest BCUT2D eigenvalue weighted by Gasteiger charge is 2.38. The molecule has 1 N–H and O–H groups in total. The normalized spacial score (nSPS) is 12.0. The Morgan fingerprint density at radius 1 is 1.07 bits per heavy atom. The van der Waals surface area contributed by atoms with Crippen LogP contribution in [0.5, 0.6) is 5.75 Å². The van der Waals surface area contributed by atoms with Crippen LogP contribution >= 0.6 is 15.9 Å². The lowest BCUT2D eigenvalue weighted by Gasteiger charge is -2.36. The molecule has 0 spiro atoms. The molecule has 0 atom stereocenters. The maximum absolute atomic E-state index is 12.1. The first kappa shape index (κ1) is 22.4. The highest BCUT2D eigenvalue weighted by atomic mass is 79.9. The van der Waals surface area contributed by atoms with Gasteiger partial charge in [-0.1, -0.05) is 48.8 Å². The van der Waals surface area contributed by atoms with Crippen molar-refractivity contribution in [1.82, 2.24) is 4.98 Å². The van der Waals surface area contributed by atoms with Gasteiger partial charge in [-0.3, -0.25) is 0 Å². The number of rotatable bonds is 5. The monoisotopic (exact) mass is 485 g/mol. The minimum absolute atomic E-state index is 0.138. The zero-order chi connectivity index (χ0) is 22.1. The fourth-order valence-electron chi connectivity index (χ4n) is 2.98. The maximum atomic E-state index is 12.1. The number of benzene rings is 2. The highest BCUT2D eigenvalue weighted by Crippen LogP contribution is 2.41. The van der Waals surface area contributed by atoms with Crippen LogP contribution < -0.4 is 4.43 Å². The van der Waals surface area contributed by atoms with Crippen LogP contribution in [0.4, 0.5) is 0 Å². The highest BCUT2D eigenvalue weighted by molar-refractivity contribution is 9.10. The molecular formula is C24H28BrNO3Si. The number of H-pyrrole nitrogens is 1. The number of halogens is 1. The van der Waals surface area contributed by atoms with Crippen molar-refractivity contribution in [1.29, 1.82) is 0 Å². The first-order valence-corrected chi connectivity index (χ1v) is 13.6. The van der Waals surface area contributed by atoms with Crippen LogP contribution in [0.25, 0.3) is 22.4 Å². The molecule has 0 saturated heterocycles. The summed E-state index contributed by atoms with van der Waals surface area (Å²) in [4.78, 5) is 15.4. The maximum Gasteiger partial charge on any atom is 0.337 e. The Morgan fingerprint density at radius 3 is 2.27 bits per heavy atom. The molecule has 0 unspecified atom stereocenters. The predicted molar refractivity (Wildman–Crippen MR) is 129 cm³/mol. The van der Waals surface area contributed by atoms with E-state index in [1.807, 2.05) is 36.5 Å². The van der Waals surface area contributed by atoms with E-state index >= 15 is 0 Å². The van der Waals surface area contributed by atoms with Crippen molar-refractivity contribution in [3.8, 4) is 28.1 Å². The van der Waals surface area contributed by atoms with E-state index in [0.29, 0.717) is 5.56 Å². The summed E-state index contributed by atoms with van der Waals surface area (Å²) in [6, 6.07) is 15.8. The lowest BCUT2D eigenvalue weighted by Crippen LogP contribution is -2.43. The third kappa shape index (κ3) is 4.55. The summed E-state index contributed by atoms with van der Waals surface area (Å²) >= 11 is 3.67. The van der Waals surface area contributed by atoms with E-state index in [0.717, 1.165) is 32.6 Å². The Balaban J connectivity index is 2.04. The molecule has 0 aliphatic heterocycles. The van der Waals surface area contributed by atoms with Gasteiger partial charge in [0, 0.05) is 27.5 Å². The molecule has 1 heterocycles. The second-order valence-corrected chi connectivity index (χ2v) is 14.4. The Kier molecular flexibility index (Phi) is 6.29. The molecule has 6 heteroatoms. The van der Waals surface area contributed by atoms with Crippen molar-refractivity contribution in [3.05, 3.63) is 64.8 Å². The number of carbonyl (C=O) groups is 1. The van der Waals surface area contributed by atoms with Crippen molar-refractivity contribution in [2.45, 2.75) is 38.9 Å². The van der Waals surface area contributed by atoms with Gasteiger partial charge in [0.1, 0.15) is 5.75 Å². The van der Waals surface area contributed by atoms with Gasteiger partial charge in [-0.15, -0.1) is 0 Å². The molecule has 0 amide bonds. The summed E-state index contributed by atoms with van der Waals surface area (Å²) in [5.41, 5.74) is 4.39. The molecule has 0 aliphatic carbocycles. The summed E-state index contributed by atoms with van der Waals surface area (Å²) < 4.78 is 12.2. The van der Waals surface area contributed by atoms with E-state index in [4.69, 9.17) is 9.16 Å². The average molecular weight is 486 g/mol. The first-order chi connectivity index (χ1) is 14.0. The zero-order valence-corrected chi connectivity index (χ0v) is 20.9. The number of hydrogen-bond donors (Lipinski definition) is 1. The molecule has 0 fully saturated rings. The number of ether oxygens (including phenoxy) is 1. The molecule has 30 heavy (non-hydrogen) atoms. The number of esters is 1. The SMILES string of the molecule is COC(=O)c1cc(Br)c(-c2ccc(O[Si](C)(C)C(C)(C)C)cc2)c(-c2ccc[nH]2)c1. The van der Waals surface area contributed by atoms with Crippen LogP contribution in [0.2, 0.25) is 18.1 Å². The summed E-state index contributed by atoms with van der Waals surface area (Å²) in [6.45, 7) is 11.2. The number of aromatic nitrogens is 1. The zero-order valence-electron chi connectivity index (χ0n) is 18.3. The van der Waals surface area contributed by atoms with E-state index in [-0.39, 0.29) is 11.0 Å². The van der Waals surface area contributed by atoms with Gasteiger partial charge >= 0.3 is 5.97 Å². The summed E-state index contributed by atoms with van der Waals surface area (Å²) in [6.07, 6.45) is 1.87. The van der Waals surface area contributed by atoms with Crippen molar-refractivity contribution in [2.75, 3.05) is 7.11 Å². The van der Waals surface area contributed by atoms with E-state index < -0.39 is 8.32 Å². The third-order valence-corrected chi connectivity index (χ3v) is 10.7. The average Bonchev–Trinajstić information content (AvgIpc) is 3.21. The van der Waals surface area contributed by atoms with Gasteiger partial charge in [0.25, 0.3) is 0 Å². The van der Waals surface area contributed by atoms with E-state index in [2.05, 4.69) is 66.9 Å². The van der Waals surface area contributed by atoms with Crippen LogP contribution in [0, 0.1) is 0 Å². The van der Waals surface area contributed by atoms with Crippen LogP contribution in [0.15, 0.2) is 59.2 Å². The van der Waals surface area contributed by atoms with Gasteiger partial charge in [0.05, 0.1) is 12.7 Å². The van der Waals surface area contributed by atoms with Gasteiger partial charge < -0.3 is 14.1 Å². The first-order valence-electron chi connectivity index (χ1n) is 9.88. The lowest BCUT2D eigenvalue weighted by atomic mass is 9.95. The minimum Gasteiger partial charge on any atom is -0.544 e. The summed E-state index contributed by atoms with van der Waals surface area (Å²) in [7, 11) is -0.509. The van der Waals surface area contributed by atoms with Crippen LogP contribution in [0.3, 0.4) is 0 Å². The number of nitrogens with one attached hydrogen (secondary N) is 1. The van der Waals surface area contributed by atoms with Crippen LogP contribution in [-0.2, 0) is 4.74 Å². The molecule has 1 aromatic heterocycles. The number of hydrogen-bond acceptors (Lipinski definition) is 3. The summed E-state index contributed by atoms with van der Waals surface area (Å²) in [5, 5.41) is 0.138. The Morgan fingerprint density at radius 2 is 1.73 bits per heavy atom. The predicted octanol–water partition coefficient (Wildman–Crippen LogP) is 7.28. The van der Waals surface area contributed by atoms with Gasteiger partial charge in [-0.2, -0.15) is 0 Å². The van der Waals surface area contributed by atoms with Crippen molar-refractivity contribution < 1.29 is 14.0 Å². The quantitative estimate of drug-likeness (QED) is 0.305. The molecule has 3 rings (SSSR count). The molecule has 2 aromatic carbocycles. The van der Waals surface area contributed by atoms with E-state index in [1.165, 1.54) is 7.11 Å². The van der Waals surface area contributed by atoms with Crippen molar-refractivity contribution >= 4 is 30.2 Å². The smallest absolute Gasteiger partial charge is 0.337 e. The number of methoxy groups -OCH3 is 1. The van der Waals surface area contributed by atoms with Gasteiger partial charge in [0.2, 0.25) is 8.32 Å². The van der Waals surface area contributed by atoms with Crippen molar-refractivity contribution in [2.24, 2.45) is 0 Å². The van der Waals surface area contributed by atoms with E-state index in [9.17, 15) is 4.79 Å². The van der Waals surface area contributed by atoms with Crippen LogP contribution in [-0.4, -0.2) is 26.4 Å². The third-order valence-electron chi connectivity index (χ3n) is 5.72. The topological polar surface area (TPSA) is 51.3 Å². The summed E-state index contributed by atoms with van der Waals surface area (Å²) in [5.74, 6) is 0.516. The number of aromatic amines is 1. The molecule has 0 radical (unpaired) electrons. The minimum atomic E-state index is -1.90. The second-order valence-electron chi connectivity index (χ2n) is 8.84. The molecule has 0 bridgehead atoms. The fourth-order valence-corrected chi connectivity index (χ4v) is 4.70.